The van der Waals surface area contributed by atoms with Gasteiger partial charge in [0.1, 0.15) is 5.60 Å². The van der Waals surface area contributed by atoms with E-state index >= 15 is 0 Å². The Morgan fingerprint density at radius 1 is 1.16 bits per heavy atom. The Bertz CT molecular complexity index is 610. The van der Waals surface area contributed by atoms with Gasteiger partial charge in [-0.25, -0.2) is 0 Å². The van der Waals surface area contributed by atoms with Gasteiger partial charge in [0.2, 0.25) is 0 Å². The first kappa shape index (κ1) is 17.7. The van der Waals surface area contributed by atoms with Crippen LogP contribution in [0.25, 0.3) is 0 Å². The first-order valence-electron chi connectivity index (χ1n) is 10.2. The molecule has 4 rings (SSSR count). The molecular formula is C22H34O3. The van der Waals surface area contributed by atoms with Crippen molar-refractivity contribution in [2.75, 3.05) is 7.11 Å². The minimum atomic E-state index is -0.573. The topological polar surface area (TPSA) is 46.5 Å². The van der Waals surface area contributed by atoms with Crippen LogP contribution in [0.5, 0.6) is 0 Å². The maximum atomic E-state index is 12.6. The first-order chi connectivity index (χ1) is 11.8. The van der Waals surface area contributed by atoms with Crippen molar-refractivity contribution in [2.45, 2.75) is 83.8 Å². The van der Waals surface area contributed by atoms with Crippen LogP contribution in [0.1, 0.15) is 72.1 Å². The number of carbonyl (C=O) groups excluding carboxylic acids is 1. The molecule has 0 radical (unpaired) electrons. The average molecular weight is 347 g/mol. The lowest BCUT2D eigenvalue weighted by molar-refractivity contribution is -0.167. The van der Waals surface area contributed by atoms with E-state index in [0.717, 1.165) is 44.9 Å². The minimum absolute atomic E-state index is 0.0232. The molecule has 3 saturated carbocycles. The van der Waals surface area contributed by atoms with Crippen molar-refractivity contribution < 1.29 is 14.6 Å². The van der Waals surface area contributed by atoms with Crippen molar-refractivity contribution in [3.8, 4) is 0 Å². The van der Waals surface area contributed by atoms with E-state index in [4.69, 9.17) is 4.74 Å². The molecule has 1 N–H and O–H groups in total. The second-order valence-electron chi connectivity index (χ2n) is 9.74. The van der Waals surface area contributed by atoms with Crippen LogP contribution < -0.4 is 0 Å². The molecule has 5 unspecified atom stereocenters. The number of aliphatic hydroxyl groups is 1. The van der Waals surface area contributed by atoms with Crippen molar-refractivity contribution in [1.29, 1.82) is 0 Å². The molecule has 0 aliphatic heterocycles. The summed E-state index contributed by atoms with van der Waals surface area (Å²) in [5.41, 5.74) is 1.18. The zero-order valence-electron chi connectivity index (χ0n) is 16.3. The Hall–Kier alpha value is -0.670. The molecule has 0 aromatic carbocycles. The van der Waals surface area contributed by atoms with E-state index in [-0.39, 0.29) is 22.7 Å². The molecule has 3 nitrogen and oxygen atoms in total. The van der Waals surface area contributed by atoms with Gasteiger partial charge in [0.05, 0.1) is 6.10 Å². The smallest absolute Gasteiger partial charge is 0.162 e. The lowest BCUT2D eigenvalue weighted by atomic mass is 9.46. The van der Waals surface area contributed by atoms with E-state index in [1.54, 1.807) is 14.0 Å². The fourth-order valence-corrected chi connectivity index (χ4v) is 7.70. The summed E-state index contributed by atoms with van der Waals surface area (Å²) in [6, 6.07) is 0. The quantitative estimate of drug-likeness (QED) is 0.759. The number of ketones is 1. The highest BCUT2D eigenvalue weighted by Crippen LogP contribution is 2.67. The van der Waals surface area contributed by atoms with Crippen molar-refractivity contribution in [1.82, 2.24) is 0 Å². The summed E-state index contributed by atoms with van der Waals surface area (Å²) >= 11 is 0. The standard InChI is InChI=1S/C22H34O3/c1-14(23)22(25-4)12-9-19-17-6-5-15-13-16(24)7-10-20(15,2)18(17)8-11-21(19,22)3/h5,16-19,24H,6-13H2,1-4H3/t16-,17?,18?,19?,20?,21-,22?/m0/s1. The lowest BCUT2D eigenvalue weighted by Crippen LogP contribution is -2.57. The van der Waals surface area contributed by atoms with Crippen LogP contribution in [-0.2, 0) is 9.53 Å². The van der Waals surface area contributed by atoms with Crippen molar-refractivity contribution in [3.05, 3.63) is 11.6 Å². The Kier molecular flexibility index (Phi) is 4.01. The molecule has 0 spiro atoms. The summed E-state index contributed by atoms with van der Waals surface area (Å²) in [5, 5.41) is 10.1. The van der Waals surface area contributed by atoms with Gasteiger partial charge in [-0.2, -0.15) is 0 Å². The highest BCUT2D eigenvalue weighted by atomic mass is 16.5. The molecule has 0 aromatic rings. The molecule has 0 amide bonds. The molecule has 3 heteroatoms. The SMILES string of the molecule is COC1(C(C)=O)CCC2C3CC=C4C[C@@H](O)CCC4(C)C3CC[C@@]21C. The summed E-state index contributed by atoms with van der Waals surface area (Å²) in [4.78, 5) is 12.6. The summed E-state index contributed by atoms with van der Waals surface area (Å²) < 4.78 is 5.96. The van der Waals surface area contributed by atoms with Gasteiger partial charge in [-0.3, -0.25) is 4.79 Å². The fourth-order valence-electron chi connectivity index (χ4n) is 7.70. The number of hydrogen-bond donors (Lipinski definition) is 1. The third-order valence-electron chi connectivity index (χ3n) is 9.11. The van der Waals surface area contributed by atoms with E-state index in [2.05, 4.69) is 19.9 Å². The van der Waals surface area contributed by atoms with Gasteiger partial charge in [0, 0.05) is 12.5 Å². The lowest BCUT2D eigenvalue weighted by Gasteiger charge is -2.59. The molecule has 0 saturated heterocycles. The molecule has 0 bridgehead atoms. The third kappa shape index (κ3) is 2.15. The number of allylic oxidation sites excluding steroid dienone is 1. The first-order valence-corrected chi connectivity index (χ1v) is 10.2. The Morgan fingerprint density at radius 2 is 1.88 bits per heavy atom. The zero-order chi connectivity index (χ0) is 18.0. The van der Waals surface area contributed by atoms with E-state index in [1.165, 1.54) is 12.0 Å². The minimum Gasteiger partial charge on any atom is -0.393 e. The zero-order valence-corrected chi connectivity index (χ0v) is 16.3. The Labute approximate surface area is 152 Å². The van der Waals surface area contributed by atoms with Gasteiger partial charge in [0.25, 0.3) is 0 Å². The van der Waals surface area contributed by atoms with Crippen LogP contribution in [0.3, 0.4) is 0 Å². The normalized spacial score (nSPS) is 52.0. The number of carbonyl (C=O) groups is 1. The number of methoxy groups -OCH3 is 1. The Morgan fingerprint density at radius 3 is 2.56 bits per heavy atom. The maximum Gasteiger partial charge on any atom is 0.162 e. The molecule has 140 valence electrons. The molecule has 0 heterocycles. The average Bonchev–Trinajstić information content (AvgIpc) is 2.89. The van der Waals surface area contributed by atoms with Crippen molar-refractivity contribution in [2.24, 2.45) is 28.6 Å². The fraction of sp³-hybridized carbons (Fsp3) is 0.864. The van der Waals surface area contributed by atoms with Crippen molar-refractivity contribution >= 4 is 5.78 Å². The second-order valence-corrected chi connectivity index (χ2v) is 9.74. The van der Waals surface area contributed by atoms with Crippen LogP contribution in [0.2, 0.25) is 0 Å². The molecular weight excluding hydrogens is 312 g/mol. The van der Waals surface area contributed by atoms with E-state index in [1.807, 2.05) is 0 Å². The molecule has 25 heavy (non-hydrogen) atoms. The Balaban J connectivity index is 1.70. The number of ether oxygens (including phenoxy) is 1. The van der Waals surface area contributed by atoms with Gasteiger partial charge in [-0.05, 0) is 81.5 Å². The van der Waals surface area contributed by atoms with E-state index in [9.17, 15) is 9.90 Å². The summed E-state index contributed by atoms with van der Waals surface area (Å²) in [5.74, 6) is 2.17. The summed E-state index contributed by atoms with van der Waals surface area (Å²) in [6.07, 6.45) is 10.7. The highest BCUT2D eigenvalue weighted by molar-refractivity contribution is 5.86. The largest absolute Gasteiger partial charge is 0.393 e. The van der Waals surface area contributed by atoms with Gasteiger partial charge in [-0.15, -0.1) is 0 Å². The summed E-state index contributed by atoms with van der Waals surface area (Å²) in [6.45, 7) is 6.51. The van der Waals surface area contributed by atoms with Crippen LogP contribution in [0, 0.1) is 28.6 Å². The van der Waals surface area contributed by atoms with Crippen LogP contribution in [0.15, 0.2) is 11.6 Å². The third-order valence-corrected chi connectivity index (χ3v) is 9.11. The van der Waals surface area contributed by atoms with E-state index in [0.29, 0.717) is 17.8 Å². The predicted octanol–water partition coefficient (Wildman–Crippen LogP) is 4.28. The molecule has 7 atom stereocenters. The number of Topliss-reactive ketones (excluding diaryl/α,β-unsaturated/α-hetero) is 1. The molecule has 4 aliphatic carbocycles. The van der Waals surface area contributed by atoms with Gasteiger partial charge < -0.3 is 9.84 Å². The second kappa shape index (κ2) is 5.66. The van der Waals surface area contributed by atoms with Gasteiger partial charge in [0.15, 0.2) is 5.78 Å². The van der Waals surface area contributed by atoms with Crippen LogP contribution in [0.4, 0.5) is 0 Å². The molecule has 4 aliphatic rings. The van der Waals surface area contributed by atoms with Crippen molar-refractivity contribution in [3.63, 3.8) is 0 Å². The number of hydrogen-bond acceptors (Lipinski definition) is 3. The molecule has 0 aromatic heterocycles. The number of rotatable bonds is 2. The van der Waals surface area contributed by atoms with Crippen LogP contribution in [-0.4, -0.2) is 29.7 Å². The highest BCUT2D eigenvalue weighted by Gasteiger charge is 2.66. The van der Waals surface area contributed by atoms with E-state index < -0.39 is 5.60 Å². The predicted molar refractivity (Wildman–Crippen MR) is 98.1 cm³/mol. The maximum absolute atomic E-state index is 12.6. The van der Waals surface area contributed by atoms with Gasteiger partial charge >= 0.3 is 0 Å². The van der Waals surface area contributed by atoms with Crippen LogP contribution >= 0.6 is 0 Å². The monoisotopic (exact) mass is 346 g/mol. The molecule has 3 fully saturated rings. The number of aliphatic hydroxyl groups excluding tert-OH is 1. The number of fused-ring (bicyclic) bond motifs is 5. The summed E-state index contributed by atoms with van der Waals surface area (Å²) in [7, 11) is 1.74. The van der Waals surface area contributed by atoms with Gasteiger partial charge in [-0.1, -0.05) is 25.5 Å².